The van der Waals surface area contributed by atoms with Crippen LogP contribution in [0.4, 0.5) is 26.2 Å². The predicted octanol–water partition coefficient (Wildman–Crippen LogP) is 4.01. The summed E-state index contributed by atoms with van der Waals surface area (Å²) in [5.41, 5.74) is 0.830. The molecule has 2 saturated heterocycles. The smallest absolute Gasteiger partial charge is 0.227 e. The van der Waals surface area contributed by atoms with Crippen molar-refractivity contribution in [3.63, 3.8) is 0 Å². The average molecular weight is 540 g/mol. The van der Waals surface area contributed by atoms with Gasteiger partial charge >= 0.3 is 0 Å². The van der Waals surface area contributed by atoms with Crippen LogP contribution in [-0.2, 0) is 6.61 Å². The summed E-state index contributed by atoms with van der Waals surface area (Å²) in [7, 11) is 3.53. The van der Waals surface area contributed by atoms with E-state index in [1.54, 1.807) is 13.1 Å². The molecular weight excluding hydrogens is 504 g/mol. The Morgan fingerprint density at radius 1 is 0.949 bits per heavy atom. The number of benzene rings is 1. The SMILES string of the molecule is COc1cc(C)c(F)c(COc2cnc(Nc3ccc(N4CCC(N5CCN(C)CC5)CC4)nc3)nc2)c1F. The van der Waals surface area contributed by atoms with Gasteiger partial charge in [0, 0.05) is 45.3 Å². The third kappa shape index (κ3) is 6.36. The summed E-state index contributed by atoms with van der Waals surface area (Å²) < 4.78 is 39.4. The number of rotatable bonds is 8. The van der Waals surface area contributed by atoms with Crippen LogP contribution in [-0.4, -0.2) is 84.2 Å². The molecule has 0 bridgehead atoms. The van der Waals surface area contributed by atoms with Gasteiger partial charge in [-0.3, -0.25) is 4.90 Å². The summed E-state index contributed by atoms with van der Waals surface area (Å²) in [6.07, 6.45) is 6.98. The zero-order valence-electron chi connectivity index (χ0n) is 22.7. The minimum atomic E-state index is -0.782. The fourth-order valence-electron chi connectivity index (χ4n) is 5.12. The molecule has 2 aromatic heterocycles. The molecule has 0 saturated carbocycles. The Balaban J connectivity index is 1.12. The number of aryl methyl sites for hydroxylation is 1. The number of anilines is 3. The topological polar surface area (TPSA) is 78.9 Å². The first-order chi connectivity index (χ1) is 18.9. The molecule has 9 nitrogen and oxygen atoms in total. The van der Waals surface area contributed by atoms with Crippen molar-refractivity contribution in [2.75, 3.05) is 63.6 Å². The molecule has 4 heterocycles. The normalized spacial score (nSPS) is 17.3. The first-order valence-electron chi connectivity index (χ1n) is 13.3. The molecule has 5 rings (SSSR count). The highest BCUT2D eigenvalue weighted by Crippen LogP contribution is 2.28. The van der Waals surface area contributed by atoms with Crippen LogP contribution >= 0.6 is 0 Å². The zero-order chi connectivity index (χ0) is 27.4. The molecule has 0 radical (unpaired) electrons. The van der Waals surface area contributed by atoms with Crippen LogP contribution in [0, 0.1) is 18.6 Å². The van der Waals surface area contributed by atoms with E-state index in [0.717, 1.165) is 63.6 Å². The van der Waals surface area contributed by atoms with Crippen LogP contribution in [0.15, 0.2) is 36.8 Å². The number of pyridine rings is 1. The molecule has 1 aromatic carbocycles. The largest absolute Gasteiger partial charge is 0.494 e. The molecule has 3 aromatic rings. The first kappa shape index (κ1) is 27.0. The molecule has 2 aliphatic heterocycles. The number of nitrogens with zero attached hydrogens (tertiary/aromatic N) is 6. The van der Waals surface area contributed by atoms with E-state index in [1.165, 1.54) is 25.6 Å². The summed E-state index contributed by atoms with van der Waals surface area (Å²) in [6, 6.07) is 5.95. The van der Waals surface area contributed by atoms with Crippen molar-refractivity contribution >= 4 is 17.5 Å². The van der Waals surface area contributed by atoms with Gasteiger partial charge in [0.1, 0.15) is 18.2 Å². The Hall–Kier alpha value is -3.57. The summed E-state index contributed by atoms with van der Waals surface area (Å²) in [5, 5.41) is 3.12. The van der Waals surface area contributed by atoms with Gasteiger partial charge in [0.05, 0.1) is 37.0 Å². The van der Waals surface area contributed by atoms with Crippen molar-refractivity contribution in [3.05, 3.63) is 59.6 Å². The second kappa shape index (κ2) is 12.1. The molecular formula is C28H35F2N7O2. The van der Waals surface area contributed by atoms with Crippen molar-refractivity contribution in [1.29, 1.82) is 0 Å². The van der Waals surface area contributed by atoms with Gasteiger partial charge < -0.3 is 24.6 Å². The van der Waals surface area contributed by atoms with Crippen LogP contribution in [0.25, 0.3) is 0 Å². The minimum absolute atomic E-state index is 0.0296. The van der Waals surface area contributed by atoms with Gasteiger partial charge in [-0.2, -0.15) is 0 Å². The lowest BCUT2D eigenvalue weighted by Crippen LogP contribution is -2.52. The van der Waals surface area contributed by atoms with Gasteiger partial charge in [0.2, 0.25) is 5.95 Å². The van der Waals surface area contributed by atoms with Gasteiger partial charge in [-0.05, 0) is 50.6 Å². The maximum atomic E-state index is 14.5. The number of piperazine rings is 1. The quantitative estimate of drug-likeness (QED) is 0.457. The Morgan fingerprint density at radius 3 is 2.31 bits per heavy atom. The molecule has 39 heavy (non-hydrogen) atoms. The number of hydrogen-bond acceptors (Lipinski definition) is 9. The third-order valence-electron chi connectivity index (χ3n) is 7.52. The third-order valence-corrected chi connectivity index (χ3v) is 7.52. The van der Waals surface area contributed by atoms with E-state index >= 15 is 0 Å². The fraction of sp³-hybridized carbons (Fsp3) is 0.464. The Kier molecular flexibility index (Phi) is 8.37. The maximum absolute atomic E-state index is 14.5. The number of halogens is 2. The molecule has 208 valence electrons. The van der Waals surface area contributed by atoms with E-state index in [1.807, 2.05) is 12.1 Å². The highest BCUT2D eigenvalue weighted by atomic mass is 19.1. The summed E-state index contributed by atoms with van der Waals surface area (Å²) in [5.74, 6) is 0.137. The lowest BCUT2D eigenvalue weighted by Gasteiger charge is -2.42. The van der Waals surface area contributed by atoms with Gasteiger partial charge in [-0.1, -0.05) is 0 Å². The predicted molar refractivity (Wildman–Crippen MR) is 146 cm³/mol. The minimum Gasteiger partial charge on any atom is -0.494 e. The maximum Gasteiger partial charge on any atom is 0.227 e. The molecule has 0 atom stereocenters. The Bertz CT molecular complexity index is 1240. The van der Waals surface area contributed by atoms with E-state index in [0.29, 0.717) is 12.0 Å². The molecule has 2 fully saturated rings. The van der Waals surface area contributed by atoms with E-state index in [4.69, 9.17) is 9.47 Å². The lowest BCUT2D eigenvalue weighted by molar-refractivity contribution is 0.0981. The molecule has 2 aliphatic rings. The number of hydrogen-bond donors (Lipinski definition) is 1. The highest BCUT2D eigenvalue weighted by molar-refractivity contribution is 5.55. The molecule has 0 aliphatic carbocycles. The Morgan fingerprint density at radius 2 is 1.67 bits per heavy atom. The zero-order valence-corrected chi connectivity index (χ0v) is 22.7. The fourth-order valence-corrected chi connectivity index (χ4v) is 5.12. The number of ether oxygens (including phenoxy) is 2. The standard InChI is InChI=1S/C28H35F2N7O2/c1-19-14-24(38-3)27(30)23(26(19)29)18-39-22-16-32-28(33-17-22)34-20-4-5-25(31-15-20)37-8-6-21(7-9-37)36-12-10-35(2)11-13-36/h4-5,14-17,21H,6-13,18H2,1-3H3,(H,32,33,34). The first-order valence-corrected chi connectivity index (χ1v) is 13.3. The van der Waals surface area contributed by atoms with Gasteiger partial charge in [-0.15, -0.1) is 0 Å². The van der Waals surface area contributed by atoms with Crippen molar-refractivity contribution in [1.82, 2.24) is 24.8 Å². The summed E-state index contributed by atoms with van der Waals surface area (Å²) in [6.45, 7) is 7.86. The van der Waals surface area contributed by atoms with Crippen LogP contribution < -0.4 is 19.7 Å². The molecule has 1 N–H and O–H groups in total. The van der Waals surface area contributed by atoms with E-state index in [-0.39, 0.29) is 29.2 Å². The van der Waals surface area contributed by atoms with Crippen molar-refractivity contribution in [2.45, 2.75) is 32.4 Å². The molecule has 0 spiro atoms. The van der Waals surface area contributed by atoms with E-state index < -0.39 is 11.6 Å². The Labute approximate surface area is 227 Å². The van der Waals surface area contributed by atoms with Gasteiger partial charge in [0.25, 0.3) is 0 Å². The van der Waals surface area contributed by atoms with Crippen LogP contribution in [0.3, 0.4) is 0 Å². The average Bonchev–Trinajstić information content (AvgIpc) is 2.97. The number of nitrogens with one attached hydrogen (secondary N) is 1. The second-order valence-electron chi connectivity index (χ2n) is 10.1. The van der Waals surface area contributed by atoms with Crippen LogP contribution in [0.1, 0.15) is 24.0 Å². The van der Waals surface area contributed by atoms with Crippen molar-refractivity contribution in [3.8, 4) is 11.5 Å². The molecule has 0 amide bonds. The van der Waals surface area contributed by atoms with E-state index in [2.05, 4.69) is 42.0 Å². The van der Waals surface area contributed by atoms with Crippen LogP contribution in [0.5, 0.6) is 11.5 Å². The number of aromatic nitrogens is 3. The summed E-state index contributed by atoms with van der Waals surface area (Å²) >= 11 is 0. The molecule has 0 unspecified atom stereocenters. The van der Waals surface area contributed by atoms with Crippen LogP contribution in [0.2, 0.25) is 0 Å². The second-order valence-corrected chi connectivity index (χ2v) is 10.1. The number of methoxy groups -OCH3 is 1. The molecule has 11 heteroatoms. The van der Waals surface area contributed by atoms with Crippen molar-refractivity contribution in [2.24, 2.45) is 0 Å². The lowest BCUT2D eigenvalue weighted by atomic mass is 10.0. The van der Waals surface area contributed by atoms with Gasteiger partial charge in [-0.25, -0.2) is 23.7 Å². The number of likely N-dealkylation sites (N-methyl/N-ethyl adjacent to an activating group) is 1. The van der Waals surface area contributed by atoms with Gasteiger partial charge in [0.15, 0.2) is 17.3 Å². The summed E-state index contributed by atoms with van der Waals surface area (Å²) in [4.78, 5) is 20.5. The van der Waals surface area contributed by atoms with E-state index in [9.17, 15) is 8.78 Å². The number of piperidine rings is 1. The van der Waals surface area contributed by atoms with Crippen molar-refractivity contribution < 1.29 is 18.3 Å². The monoisotopic (exact) mass is 539 g/mol. The highest BCUT2D eigenvalue weighted by Gasteiger charge is 2.27.